The van der Waals surface area contributed by atoms with Crippen molar-refractivity contribution in [2.24, 2.45) is 0 Å². The fraction of sp³-hybridized carbons (Fsp3) is 0.367. The third kappa shape index (κ3) is 5.20. The van der Waals surface area contributed by atoms with Gasteiger partial charge in [0.15, 0.2) is 11.0 Å². The zero-order chi connectivity index (χ0) is 25.2. The Morgan fingerprint density at radius 2 is 1.54 bits per heavy atom. The van der Waals surface area contributed by atoms with Crippen molar-refractivity contribution < 1.29 is 0 Å². The predicted octanol–water partition coefficient (Wildman–Crippen LogP) is 7.66. The van der Waals surface area contributed by atoms with Crippen molar-refractivity contribution in [3.8, 4) is 17.1 Å². The van der Waals surface area contributed by atoms with E-state index < -0.39 is 0 Å². The molecule has 2 aromatic heterocycles. The van der Waals surface area contributed by atoms with E-state index in [1.807, 2.05) is 12.3 Å². The number of para-hydroxylation sites is 1. The van der Waals surface area contributed by atoms with E-state index in [4.69, 9.17) is 5.10 Å². The van der Waals surface area contributed by atoms with Crippen LogP contribution in [0.25, 0.3) is 17.1 Å². The van der Waals surface area contributed by atoms with Crippen LogP contribution in [-0.2, 0) is 24.0 Å². The highest BCUT2D eigenvalue weighted by atomic mass is 32.2. The van der Waals surface area contributed by atoms with Gasteiger partial charge in [-0.2, -0.15) is 0 Å². The Kier molecular flexibility index (Phi) is 7.46. The van der Waals surface area contributed by atoms with E-state index in [1.165, 1.54) is 39.1 Å². The Labute approximate surface area is 214 Å². The number of pyridine rings is 1. The lowest BCUT2D eigenvalue weighted by Crippen LogP contribution is -2.12. The summed E-state index contributed by atoms with van der Waals surface area (Å²) in [7, 11) is 0. The van der Waals surface area contributed by atoms with Crippen LogP contribution in [0.2, 0.25) is 0 Å². The molecule has 4 rings (SSSR count). The first-order valence-electron chi connectivity index (χ1n) is 12.4. The molecule has 0 bridgehead atoms. The number of thioether (sulfide) groups is 1. The highest BCUT2D eigenvalue weighted by Crippen LogP contribution is 2.35. The van der Waals surface area contributed by atoms with Crippen LogP contribution in [-0.4, -0.2) is 19.7 Å². The highest BCUT2D eigenvalue weighted by molar-refractivity contribution is 7.98. The molecule has 4 nitrogen and oxygen atoms in total. The lowest BCUT2D eigenvalue weighted by atomic mass is 9.84. The van der Waals surface area contributed by atoms with Crippen LogP contribution in [0.1, 0.15) is 68.0 Å². The molecule has 2 aromatic carbocycles. The molecule has 0 aliphatic carbocycles. The zero-order valence-corrected chi connectivity index (χ0v) is 22.8. The van der Waals surface area contributed by atoms with E-state index in [0.29, 0.717) is 0 Å². The summed E-state index contributed by atoms with van der Waals surface area (Å²) in [4.78, 5) is 4.35. The minimum absolute atomic E-state index is 0.139. The van der Waals surface area contributed by atoms with Crippen molar-refractivity contribution in [1.82, 2.24) is 19.7 Å². The van der Waals surface area contributed by atoms with Crippen LogP contribution in [0.3, 0.4) is 0 Å². The largest absolute Gasteiger partial charge is 0.269 e. The second kappa shape index (κ2) is 10.4. The summed E-state index contributed by atoms with van der Waals surface area (Å²) in [6.07, 6.45) is 5.56. The van der Waals surface area contributed by atoms with E-state index in [1.54, 1.807) is 18.0 Å². The molecule has 0 amide bonds. The van der Waals surface area contributed by atoms with Gasteiger partial charge >= 0.3 is 0 Å². The summed E-state index contributed by atoms with van der Waals surface area (Å²) in [5, 5.41) is 10.3. The van der Waals surface area contributed by atoms with Gasteiger partial charge in [-0.25, -0.2) is 0 Å². The van der Waals surface area contributed by atoms with Crippen LogP contribution < -0.4 is 0 Å². The van der Waals surface area contributed by atoms with Crippen molar-refractivity contribution in [2.45, 2.75) is 77.6 Å². The summed E-state index contributed by atoms with van der Waals surface area (Å²) < 4.78 is 2.26. The topological polar surface area (TPSA) is 43.6 Å². The van der Waals surface area contributed by atoms with E-state index in [-0.39, 0.29) is 5.41 Å². The van der Waals surface area contributed by atoms with E-state index in [9.17, 15) is 0 Å². The first kappa shape index (κ1) is 25.2. The third-order valence-corrected chi connectivity index (χ3v) is 7.60. The van der Waals surface area contributed by atoms with Gasteiger partial charge in [-0.05, 0) is 77.6 Å². The lowest BCUT2D eigenvalue weighted by molar-refractivity contribution is 0.589. The molecule has 0 unspecified atom stereocenters. The molecular formula is C30H36N4S. The Morgan fingerprint density at radius 3 is 2.09 bits per heavy atom. The van der Waals surface area contributed by atoms with Crippen LogP contribution in [0.15, 0.2) is 60.0 Å². The molecule has 0 aliphatic rings. The van der Waals surface area contributed by atoms with Gasteiger partial charge in [0.1, 0.15) is 0 Å². The van der Waals surface area contributed by atoms with Gasteiger partial charge in [-0.15, -0.1) is 10.2 Å². The Bertz CT molecular complexity index is 1270. The molecule has 0 atom stereocenters. The van der Waals surface area contributed by atoms with Crippen molar-refractivity contribution in [3.05, 3.63) is 88.2 Å². The molecule has 0 fully saturated rings. The molecule has 5 heteroatoms. The number of hydrogen-bond acceptors (Lipinski definition) is 4. The number of nitrogens with zero attached hydrogens (tertiary/aromatic N) is 4. The molecule has 0 aliphatic heterocycles. The highest BCUT2D eigenvalue weighted by Gasteiger charge is 2.22. The van der Waals surface area contributed by atoms with Gasteiger partial charge < -0.3 is 0 Å². The van der Waals surface area contributed by atoms with Crippen LogP contribution >= 0.6 is 11.8 Å². The van der Waals surface area contributed by atoms with Gasteiger partial charge in [0.25, 0.3) is 0 Å². The quantitative estimate of drug-likeness (QED) is 0.253. The minimum Gasteiger partial charge on any atom is -0.269 e. The molecule has 4 aromatic rings. The molecule has 0 saturated carbocycles. The summed E-state index contributed by atoms with van der Waals surface area (Å²) in [5.41, 5.74) is 10.4. The number of hydrogen-bond donors (Lipinski definition) is 0. The van der Waals surface area contributed by atoms with Crippen LogP contribution in [0.4, 0.5) is 0 Å². The average molecular weight is 485 g/mol. The van der Waals surface area contributed by atoms with E-state index >= 15 is 0 Å². The Morgan fingerprint density at radius 1 is 0.886 bits per heavy atom. The molecule has 0 N–H and O–H groups in total. The number of aryl methyl sites for hydroxylation is 4. The van der Waals surface area contributed by atoms with E-state index in [0.717, 1.165) is 35.1 Å². The standard InChI is InChI=1S/C30H36N4S/c1-8-22-12-10-13-23(9-2)27(22)34-28(24-14-11-15-31-18-24)32-33-29(34)35-19-26-20(3)16-25(17-21(26)4)30(5,6)7/h10-18H,8-9,19H2,1-7H3. The van der Waals surface area contributed by atoms with Gasteiger partial charge in [0.05, 0.1) is 5.69 Å². The predicted molar refractivity (Wildman–Crippen MR) is 148 cm³/mol. The smallest absolute Gasteiger partial charge is 0.196 e. The Hall–Kier alpha value is -2.92. The lowest BCUT2D eigenvalue weighted by Gasteiger charge is -2.22. The molecule has 182 valence electrons. The molecular weight excluding hydrogens is 448 g/mol. The molecule has 0 saturated heterocycles. The normalized spacial score (nSPS) is 11.7. The summed E-state index contributed by atoms with van der Waals surface area (Å²) >= 11 is 1.76. The molecule has 2 heterocycles. The van der Waals surface area contributed by atoms with Crippen LogP contribution in [0, 0.1) is 13.8 Å². The van der Waals surface area contributed by atoms with Crippen LogP contribution in [0.5, 0.6) is 0 Å². The molecule has 0 spiro atoms. The zero-order valence-electron chi connectivity index (χ0n) is 22.0. The first-order chi connectivity index (χ1) is 16.7. The van der Waals surface area contributed by atoms with Gasteiger partial charge in [-0.3, -0.25) is 9.55 Å². The summed E-state index contributed by atoms with van der Waals surface area (Å²) in [6, 6.07) is 15.3. The van der Waals surface area contributed by atoms with E-state index in [2.05, 4.69) is 99.5 Å². The van der Waals surface area contributed by atoms with Crippen molar-refractivity contribution in [3.63, 3.8) is 0 Å². The maximum atomic E-state index is 4.70. The minimum atomic E-state index is 0.139. The molecule has 0 radical (unpaired) electrons. The third-order valence-electron chi connectivity index (χ3n) is 6.65. The number of aromatic nitrogens is 4. The van der Waals surface area contributed by atoms with Gasteiger partial charge in [0, 0.05) is 23.7 Å². The summed E-state index contributed by atoms with van der Waals surface area (Å²) in [5.74, 6) is 1.69. The second-order valence-electron chi connectivity index (χ2n) is 10.1. The number of rotatable bonds is 7. The van der Waals surface area contributed by atoms with Crippen molar-refractivity contribution >= 4 is 11.8 Å². The molecule has 35 heavy (non-hydrogen) atoms. The Balaban J connectivity index is 1.81. The summed E-state index contributed by atoms with van der Waals surface area (Å²) in [6.45, 7) is 15.7. The monoisotopic (exact) mass is 484 g/mol. The average Bonchev–Trinajstić information content (AvgIpc) is 3.26. The first-order valence-corrected chi connectivity index (χ1v) is 13.4. The van der Waals surface area contributed by atoms with Crippen molar-refractivity contribution in [2.75, 3.05) is 0 Å². The van der Waals surface area contributed by atoms with Crippen molar-refractivity contribution in [1.29, 1.82) is 0 Å². The van der Waals surface area contributed by atoms with Gasteiger partial charge in [-0.1, -0.05) is 76.7 Å². The fourth-order valence-corrected chi connectivity index (χ4v) is 5.67. The fourth-order valence-electron chi connectivity index (χ4n) is 4.54. The second-order valence-corrected chi connectivity index (χ2v) is 11.1. The van der Waals surface area contributed by atoms with Gasteiger partial charge in [0.2, 0.25) is 0 Å². The number of benzene rings is 2. The SMILES string of the molecule is CCc1cccc(CC)c1-n1c(SCc2c(C)cc(C(C)(C)C)cc2C)nnc1-c1cccnc1. The maximum Gasteiger partial charge on any atom is 0.196 e. The maximum absolute atomic E-state index is 4.70.